The Morgan fingerprint density at radius 1 is 0.880 bits per heavy atom. The Balaban J connectivity index is 1.89. The lowest BCUT2D eigenvalue weighted by atomic mass is 10.0. The minimum absolute atomic E-state index is 0.0144. The van der Waals surface area contributed by atoms with Gasteiger partial charge in [0.05, 0.1) is 18.8 Å². The molecule has 0 bridgehead atoms. The van der Waals surface area contributed by atoms with E-state index in [-0.39, 0.29) is 13.2 Å². The summed E-state index contributed by atoms with van der Waals surface area (Å²) in [4.78, 5) is 11.7. The third-order valence-corrected chi connectivity index (χ3v) is 3.90. The van der Waals surface area contributed by atoms with Crippen LogP contribution < -0.4 is 4.74 Å². The molecule has 134 valence electrons. The van der Waals surface area contributed by atoms with Crippen LogP contribution >= 0.6 is 0 Å². The number of benzene rings is 2. The van der Waals surface area contributed by atoms with Crippen LogP contribution in [0.15, 0.2) is 48.5 Å². The van der Waals surface area contributed by atoms with Crippen molar-refractivity contribution >= 4 is 5.97 Å². The Morgan fingerprint density at radius 2 is 1.52 bits per heavy atom. The fourth-order valence-corrected chi connectivity index (χ4v) is 2.48. The molecular formula is C21H26O4. The van der Waals surface area contributed by atoms with Crippen molar-refractivity contribution < 1.29 is 19.4 Å². The topological polar surface area (TPSA) is 55.8 Å². The Morgan fingerprint density at radius 3 is 2.12 bits per heavy atom. The summed E-state index contributed by atoms with van der Waals surface area (Å²) in [6.45, 7) is 2.80. The number of unbranched alkanes of at least 4 members (excludes halogenated alkanes) is 3. The summed E-state index contributed by atoms with van der Waals surface area (Å²) < 4.78 is 10.6. The normalized spacial score (nSPS) is 10.5. The maximum Gasteiger partial charge on any atom is 0.338 e. The quantitative estimate of drug-likeness (QED) is 0.511. The second-order valence-corrected chi connectivity index (χ2v) is 5.87. The number of hydrogen-bond acceptors (Lipinski definition) is 4. The molecule has 0 atom stereocenters. The fraction of sp³-hybridized carbons (Fsp3) is 0.381. The van der Waals surface area contributed by atoms with Gasteiger partial charge in [-0.2, -0.15) is 0 Å². The number of rotatable bonds is 10. The second-order valence-electron chi connectivity index (χ2n) is 5.87. The molecule has 0 aliphatic rings. The van der Waals surface area contributed by atoms with Crippen LogP contribution in [0.3, 0.4) is 0 Å². The molecule has 0 fully saturated rings. The van der Waals surface area contributed by atoms with Crippen molar-refractivity contribution in [1.29, 1.82) is 0 Å². The molecule has 1 N–H and O–H groups in total. The zero-order chi connectivity index (χ0) is 17.9. The van der Waals surface area contributed by atoms with Crippen molar-refractivity contribution in [3.8, 4) is 16.9 Å². The first-order chi connectivity index (χ1) is 12.2. The number of ether oxygens (including phenoxy) is 2. The second kappa shape index (κ2) is 10.5. The highest BCUT2D eigenvalue weighted by Gasteiger charge is 2.07. The molecular weight excluding hydrogens is 316 g/mol. The molecule has 0 saturated heterocycles. The van der Waals surface area contributed by atoms with Gasteiger partial charge >= 0.3 is 5.97 Å². The number of carbonyl (C=O) groups excluding carboxylic acids is 1. The molecule has 0 unspecified atom stereocenters. The highest BCUT2D eigenvalue weighted by molar-refractivity contribution is 5.90. The molecule has 0 aromatic heterocycles. The first kappa shape index (κ1) is 19.0. The van der Waals surface area contributed by atoms with Gasteiger partial charge in [-0.1, -0.05) is 50.5 Å². The van der Waals surface area contributed by atoms with Gasteiger partial charge < -0.3 is 14.6 Å². The Hall–Kier alpha value is -2.33. The summed E-state index contributed by atoms with van der Waals surface area (Å²) in [6.07, 6.45) is 4.78. The van der Waals surface area contributed by atoms with Crippen LogP contribution in [0, 0.1) is 0 Å². The van der Waals surface area contributed by atoms with E-state index < -0.39 is 5.97 Å². The molecule has 0 aliphatic heterocycles. The van der Waals surface area contributed by atoms with E-state index in [1.54, 1.807) is 12.1 Å². The van der Waals surface area contributed by atoms with E-state index in [9.17, 15) is 4.79 Å². The van der Waals surface area contributed by atoms with Gasteiger partial charge in [0, 0.05) is 0 Å². The van der Waals surface area contributed by atoms with E-state index in [2.05, 4.69) is 6.92 Å². The summed E-state index contributed by atoms with van der Waals surface area (Å²) in [5, 5.41) is 8.68. The lowest BCUT2D eigenvalue weighted by Crippen LogP contribution is -2.08. The Kier molecular flexibility index (Phi) is 7.99. The zero-order valence-electron chi connectivity index (χ0n) is 14.7. The SMILES string of the molecule is CCCCCCOc1ccc(-c2ccc(C(=O)OCCO)cc2)cc1. The van der Waals surface area contributed by atoms with Gasteiger partial charge in [0.15, 0.2) is 0 Å². The summed E-state index contributed by atoms with van der Waals surface area (Å²) in [5.74, 6) is 0.455. The highest BCUT2D eigenvalue weighted by Crippen LogP contribution is 2.23. The van der Waals surface area contributed by atoms with E-state index in [0.29, 0.717) is 5.56 Å². The van der Waals surface area contributed by atoms with Gasteiger partial charge in [-0.3, -0.25) is 0 Å². The molecule has 0 aliphatic carbocycles. The van der Waals surface area contributed by atoms with E-state index in [4.69, 9.17) is 14.6 Å². The minimum Gasteiger partial charge on any atom is -0.494 e. The molecule has 25 heavy (non-hydrogen) atoms. The smallest absolute Gasteiger partial charge is 0.338 e. The maximum atomic E-state index is 11.7. The molecule has 2 aromatic rings. The summed E-state index contributed by atoms with van der Waals surface area (Å²) in [7, 11) is 0. The first-order valence-electron chi connectivity index (χ1n) is 8.86. The van der Waals surface area contributed by atoms with E-state index >= 15 is 0 Å². The molecule has 0 radical (unpaired) electrons. The molecule has 0 spiro atoms. The fourth-order valence-electron chi connectivity index (χ4n) is 2.48. The van der Waals surface area contributed by atoms with Gasteiger partial charge in [0.1, 0.15) is 12.4 Å². The van der Waals surface area contributed by atoms with Crippen LogP contribution in [0.5, 0.6) is 5.75 Å². The lowest BCUT2D eigenvalue weighted by Gasteiger charge is -2.08. The highest BCUT2D eigenvalue weighted by atomic mass is 16.5. The lowest BCUT2D eigenvalue weighted by molar-refractivity contribution is 0.0434. The van der Waals surface area contributed by atoms with E-state index in [1.807, 2.05) is 36.4 Å². The van der Waals surface area contributed by atoms with Gasteiger partial charge in [-0.15, -0.1) is 0 Å². The number of esters is 1. The van der Waals surface area contributed by atoms with Gasteiger partial charge in [0.25, 0.3) is 0 Å². The minimum atomic E-state index is -0.424. The predicted octanol–water partition coefficient (Wildman–Crippen LogP) is 4.46. The number of aliphatic hydroxyl groups is 1. The van der Waals surface area contributed by atoms with Crippen molar-refractivity contribution in [1.82, 2.24) is 0 Å². The summed E-state index contributed by atoms with van der Waals surface area (Å²) in [5.41, 5.74) is 2.56. The molecule has 4 nitrogen and oxygen atoms in total. The van der Waals surface area contributed by atoms with Gasteiger partial charge in [0.2, 0.25) is 0 Å². The van der Waals surface area contributed by atoms with Crippen molar-refractivity contribution in [2.45, 2.75) is 32.6 Å². The van der Waals surface area contributed by atoms with Crippen LogP contribution in [-0.4, -0.2) is 30.9 Å². The standard InChI is InChI=1S/C21H26O4/c1-2-3-4-5-15-24-20-12-10-18(11-13-20)17-6-8-19(9-7-17)21(23)25-16-14-22/h6-13,22H,2-5,14-16H2,1H3. The number of carbonyl (C=O) groups is 1. The average molecular weight is 342 g/mol. The molecule has 2 rings (SSSR count). The van der Waals surface area contributed by atoms with Crippen molar-refractivity contribution in [2.24, 2.45) is 0 Å². The number of aliphatic hydroxyl groups excluding tert-OH is 1. The van der Waals surface area contributed by atoms with Gasteiger partial charge in [-0.25, -0.2) is 4.79 Å². The van der Waals surface area contributed by atoms with E-state index in [0.717, 1.165) is 29.9 Å². The zero-order valence-corrected chi connectivity index (χ0v) is 14.7. The van der Waals surface area contributed by atoms with E-state index in [1.165, 1.54) is 19.3 Å². The van der Waals surface area contributed by atoms with Crippen LogP contribution in [-0.2, 0) is 4.74 Å². The first-order valence-corrected chi connectivity index (χ1v) is 8.86. The van der Waals surface area contributed by atoms with Crippen LogP contribution in [0.2, 0.25) is 0 Å². The average Bonchev–Trinajstić information content (AvgIpc) is 2.66. The Bertz CT molecular complexity index is 632. The van der Waals surface area contributed by atoms with Crippen molar-refractivity contribution in [3.63, 3.8) is 0 Å². The van der Waals surface area contributed by atoms with Crippen LogP contribution in [0.4, 0.5) is 0 Å². The van der Waals surface area contributed by atoms with Crippen LogP contribution in [0.1, 0.15) is 43.0 Å². The third-order valence-electron chi connectivity index (χ3n) is 3.90. The molecule has 2 aromatic carbocycles. The number of hydrogen-bond donors (Lipinski definition) is 1. The molecule has 0 saturated carbocycles. The largest absolute Gasteiger partial charge is 0.494 e. The maximum absolute atomic E-state index is 11.7. The summed E-state index contributed by atoms with van der Waals surface area (Å²) in [6, 6.07) is 15.2. The van der Waals surface area contributed by atoms with Crippen molar-refractivity contribution in [2.75, 3.05) is 19.8 Å². The predicted molar refractivity (Wildman–Crippen MR) is 98.9 cm³/mol. The van der Waals surface area contributed by atoms with Gasteiger partial charge in [-0.05, 0) is 41.8 Å². The van der Waals surface area contributed by atoms with Crippen molar-refractivity contribution in [3.05, 3.63) is 54.1 Å². The molecule has 4 heteroatoms. The third kappa shape index (κ3) is 6.24. The van der Waals surface area contributed by atoms with Crippen LogP contribution in [0.25, 0.3) is 11.1 Å². The summed E-state index contributed by atoms with van der Waals surface area (Å²) >= 11 is 0. The Labute approximate surface area is 149 Å². The molecule has 0 heterocycles. The molecule has 0 amide bonds. The monoisotopic (exact) mass is 342 g/mol.